The first-order valence-corrected chi connectivity index (χ1v) is 10.5. The summed E-state index contributed by atoms with van der Waals surface area (Å²) >= 11 is 0. The highest BCUT2D eigenvalue weighted by Crippen LogP contribution is 2.17. The van der Waals surface area contributed by atoms with E-state index < -0.39 is 12.2 Å². The molecule has 0 radical (unpaired) electrons. The summed E-state index contributed by atoms with van der Waals surface area (Å²) in [6.45, 7) is 0. The monoisotopic (exact) mass is 458 g/mol. The molecule has 2 atom stereocenters. The van der Waals surface area contributed by atoms with Crippen molar-refractivity contribution in [2.24, 2.45) is 10.2 Å². The predicted molar refractivity (Wildman–Crippen MR) is 130 cm³/mol. The minimum Gasteiger partial charge on any atom is -0.367 e. The largest absolute Gasteiger partial charge is 0.367 e. The summed E-state index contributed by atoms with van der Waals surface area (Å²) in [5.41, 5.74) is 8.02. The van der Waals surface area contributed by atoms with Crippen LogP contribution in [0.5, 0.6) is 0 Å². The molecule has 0 unspecified atom stereocenters. The van der Waals surface area contributed by atoms with Crippen molar-refractivity contribution in [3.63, 3.8) is 0 Å². The molecule has 0 spiro atoms. The van der Waals surface area contributed by atoms with Gasteiger partial charge in [0.1, 0.15) is 0 Å². The molecular weight excluding hydrogens is 432 g/mol. The second-order valence-electron chi connectivity index (χ2n) is 7.19. The molecule has 0 heterocycles. The van der Waals surface area contributed by atoms with Gasteiger partial charge in [0.2, 0.25) is 0 Å². The molecule has 2 amide bonds. The molecule has 0 saturated carbocycles. The van der Waals surface area contributed by atoms with E-state index in [1.807, 2.05) is 84.9 Å². The second kappa shape index (κ2) is 12.8. The Labute approximate surface area is 198 Å². The van der Waals surface area contributed by atoms with E-state index in [0.717, 1.165) is 22.3 Å². The molecule has 8 nitrogen and oxygen atoms in total. The Hall–Kier alpha value is -4.14. The summed E-state index contributed by atoms with van der Waals surface area (Å²) in [5.74, 6) is -0.733. The molecule has 0 aliphatic carbocycles. The fraction of sp³-hybridized carbons (Fsp3) is 0.154. The van der Waals surface area contributed by atoms with Crippen LogP contribution in [0.1, 0.15) is 34.5 Å². The number of methoxy groups -OCH3 is 2. The number of carbonyl (C=O) groups is 2. The summed E-state index contributed by atoms with van der Waals surface area (Å²) in [5, 5.41) is 8.00. The summed E-state index contributed by atoms with van der Waals surface area (Å²) in [7, 11) is 2.95. The van der Waals surface area contributed by atoms with Crippen molar-refractivity contribution in [2.75, 3.05) is 14.2 Å². The Balaban J connectivity index is 1.51. The third-order valence-corrected chi connectivity index (χ3v) is 4.87. The Morgan fingerprint density at radius 3 is 1.32 bits per heavy atom. The summed E-state index contributed by atoms with van der Waals surface area (Å²) < 4.78 is 10.6. The van der Waals surface area contributed by atoms with Gasteiger partial charge in [-0.2, -0.15) is 10.2 Å². The van der Waals surface area contributed by atoms with Crippen LogP contribution in [0.4, 0.5) is 0 Å². The van der Waals surface area contributed by atoms with Crippen LogP contribution in [0, 0.1) is 0 Å². The third kappa shape index (κ3) is 6.93. The van der Waals surface area contributed by atoms with Gasteiger partial charge in [-0.15, -0.1) is 0 Å². The molecule has 8 heteroatoms. The second-order valence-corrected chi connectivity index (χ2v) is 7.19. The molecule has 0 aliphatic rings. The molecule has 0 aromatic heterocycles. The molecular formula is C26H26N4O4. The number of benzene rings is 3. The van der Waals surface area contributed by atoms with Crippen LogP contribution in [0.15, 0.2) is 95.1 Å². The summed E-state index contributed by atoms with van der Waals surface area (Å²) in [4.78, 5) is 24.7. The van der Waals surface area contributed by atoms with Crippen molar-refractivity contribution in [1.29, 1.82) is 0 Å². The number of nitrogens with one attached hydrogen (secondary N) is 2. The Kier molecular flexibility index (Phi) is 9.21. The fourth-order valence-corrected chi connectivity index (χ4v) is 3.17. The van der Waals surface area contributed by atoms with E-state index >= 15 is 0 Å². The number of hydrogen-bond donors (Lipinski definition) is 2. The Bertz CT molecular complexity index is 1030. The maximum Gasteiger partial charge on any atom is 0.273 e. The summed E-state index contributed by atoms with van der Waals surface area (Å²) in [6.07, 6.45) is 1.57. The van der Waals surface area contributed by atoms with Crippen LogP contribution in [0.25, 0.3) is 0 Å². The highest BCUT2D eigenvalue weighted by atomic mass is 16.5. The molecule has 0 bridgehead atoms. The molecule has 2 N–H and O–H groups in total. The van der Waals surface area contributed by atoms with Crippen LogP contribution >= 0.6 is 0 Å². The van der Waals surface area contributed by atoms with Gasteiger partial charge in [0.15, 0.2) is 12.2 Å². The highest BCUT2D eigenvalue weighted by molar-refractivity contribution is 5.87. The van der Waals surface area contributed by atoms with Gasteiger partial charge in [0.05, 0.1) is 12.4 Å². The first kappa shape index (κ1) is 24.5. The molecule has 3 rings (SSSR count). The zero-order chi connectivity index (χ0) is 24.2. The van der Waals surface area contributed by atoms with Crippen molar-refractivity contribution in [1.82, 2.24) is 10.9 Å². The van der Waals surface area contributed by atoms with Crippen molar-refractivity contribution >= 4 is 24.2 Å². The van der Waals surface area contributed by atoms with Gasteiger partial charge >= 0.3 is 0 Å². The number of hydrazone groups is 2. The molecule has 3 aromatic rings. The van der Waals surface area contributed by atoms with E-state index in [4.69, 9.17) is 9.47 Å². The lowest BCUT2D eigenvalue weighted by molar-refractivity contribution is -0.132. The minimum absolute atomic E-state index is 0.366. The molecule has 174 valence electrons. The van der Waals surface area contributed by atoms with Gasteiger partial charge in [0.25, 0.3) is 11.8 Å². The van der Waals surface area contributed by atoms with Crippen LogP contribution in [0.3, 0.4) is 0 Å². The van der Waals surface area contributed by atoms with E-state index in [0.29, 0.717) is 0 Å². The van der Waals surface area contributed by atoms with Crippen LogP contribution in [-0.4, -0.2) is 38.5 Å². The van der Waals surface area contributed by atoms with Gasteiger partial charge in [-0.1, -0.05) is 84.9 Å². The van der Waals surface area contributed by atoms with Gasteiger partial charge in [-0.3, -0.25) is 9.59 Å². The Morgan fingerprint density at radius 1 is 0.647 bits per heavy atom. The zero-order valence-corrected chi connectivity index (χ0v) is 18.9. The van der Waals surface area contributed by atoms with Gasteiger partial charge in [0, 0.05) is 14.2 Å². The lowest BCUT2D eigenvalue weighted by atomic mass is 10.1. The number of carbonyl (C=O) groups excluding carboxylic acids is 2. The van der Waals surface area contributed by atoms with Crippen LogP contribution in [-0.2, 0) is 19.1 Å². The van der Waals surface area contributed by atoms with E-state index in [1.165, 1.54) is 26.6 Å². The molecule has 0 aliphatic heterocycles. The topological polar surface area (TPSA) is 101 Å². The minimum atomic E-state index is -0.744. The number of hydrogen-bond acceptors (Lipinski definition) is 6. The smallest absolute Gasteiger partial charge is 0.273 e. The van der Waals surface area contributed by atoms with Crippen molar-refractivity contribution in [3.8, 4) is 0 Å². The first-order valence-electron chi connectivity index (χ1n) is 10.5. The van der Waals surface area contributed by atoms with Gasteiger partial charge in [-0.25, -0.2) is 10.9 Å². The number of nitrogens with zero attached hydrogens (tertiary/aromatic N) is 2. The first-order chi connectivity index (χ1) is 16.6. The highest BCUT2D eigenvalue weighted by Gasteiger charge is 2.19. The van der Waals surface area contributed by atoms with E-state index in [1.54, 1.807) is 0 Å². The molecule has 34 heavy (non-hydrogen) atoms. The third-order valence-electron chi connectivity index (χ3n) is 4.87. The maximum absolute atomic E-state index is 12.3. The average molecular weight is 459 g/mol. The van der Waals surface area contributed by atoms with Gasteiger partial charge < -0.3 is 9.47 Å². The molecule has 3 aromatic carbocycles. The number of rotatable bonds is 10. The Morgan fingerprint density at radius 2 is 1.00 bits per heavy atom. The van der Waals surface area contributed by atoms with Crippen molar-refractivity contribution in [2.45, 2.75) is 12.2 Å². The van der Waals surface area contributed by atoms with E-state index in [9.17, 15) is 9.59 Å². The normalized spacial score (nSPS) is 13.0. The van der Waals surface area contributed by atoms with E-state index in [2.05, 4.69) is 21.1 Å². The average Bonchev–Trinajstić information content (AvgIpc) is 2.87. The van der Waals surface area contributed by atoms with Crippen molar-refractivity contribution < 1.29 is 19.1 Å². The molecule has 0 saturated heterocycles. The van der Waals surface area contributed by atoms with Gasteiger partial charge in [-0.05, 0) is 22.3 Å². The van der Waals surface area contributed by atoms with Crippen LogP contribution < -0.4 is 10.9 Å². The molecule has 0 fully saturated rings. The zero-order valence-electron chi connectivity index (χ0n) is 18.9. The lowest BCUT2D eigenvalue weighted by Crippen LogP contribution is -2.26. The number of amides is 2. The number of ether oxygens (including phenoxy) is 2. The lowest BCUT2D eigenvalue weighted by Gasteiger charge is -2.13. The van der Waals surface area contributed by atoms with E-state index in [-0.39, 0.29) is 11.8 Å². The fourth-order valence-electron chi connectivity index (χ4n) is 3.17. The quantitative estimate of drug-likeness (QED) is 0.359. The van der Waals surface area contributed by atoms with Crippen molar-refractivity contribution in [3.05, 3.63) is 107 Å². The SMILES string of the molecule is CO[C@@H](C(=O)N/N=C\c1ccc(/C=N\NC(=O)[C@H](OC)c2ccccc2)cc1)c1ccccc1. The summed E-state index contributed by atoms with van der Waals surface area (Å²) in [6, 6.07) is 25.6. The predicted octanol–water partition coefficient (Wildman–Crippen LogP) is 3.36. The maximum atomic E-state index is 12.3. The van der Waals surface area contributed by atoms with Crippen LogP contribution in [0.2, 0.25) is 0 Å². The standard InChI is InChI=1S/C26H26N4O4/c1-33-23(21-9-5-3-6-10-21)25(31)29-27-17-19-13-15-20(16-14-19)18-28-30-26(32)24(34-2)22-11-7-4-8-12-22/h3-18,23-24H,1-2H3,(H,29,31)(H,30,32)/b27-17-,28-18-/t23-,24-/m1/s1.